The number of nitrogens with one attached hydrogen (secondary N) is 1. The average Bonchev–Trinajstić information content (AvgIpc) is 2.90. The minimum absolute atomic E-state index is 0.0250. The van der Waals surface area contributed by atoms with Gasteiger partial charge in [0.1, 0.15) is 18.4 Å². The summed E-state index contributed by atoms with van der Waals surface area (Å²) in [4.78, 5) is 28.9. The SMILES string of the molecule is CC[C@@H](C)NC(=O)[C@@H](Cc1ccccc1)N(Cc1ccc(F)cc1)C(=O)CN(c1ccc(Cl)cc1)S(C)(=O)=O. The van der Waals surface area contributed by atoms with Gasteiger partial charge in [-0.05, 0) is 60.9 Å². The van der Waals surface area contributed by atoms with Crippen LogP contribution in [0.25, 0.3) is 0 Å². The van der Waals surface area contributed by atoms with Gasteiger partial charge >= 0.3 is 0 Å². The summed E-state index contributed by atoms with van der Waals surface area (Å²) in [5.41, 5.74) is 1.69. The van der Waals surface area contributed by atoms with Gasteiger partial charge in [0, 0.05) is 24.0 Å². The highest BCUT2D eigenvalue weighted by Gasteiger charge is 2.33. The van der Waals surface area contributed by atoms with Crippen molar-refractivity contribution >= 4 is 39.1 Å². The standard InChI is InChI=1S/C29H33ClFN3O4S/c1-4-21(2)32-29(36)27(18-22-8-6-5-7-9-22)33(19-23-10-14-25(31)15-11-23)28(35)20-34(39(3,37)38)26-16-12-24(30)13-17-26/h5-17,21,27H,4,18-20H2,1-3H3,(H,32,36)/t21-,27-/m1/s1. The average molecular weight is 574 g/mol. The molecule has 0 bridgehead atoms. The molecule has 0 radical (unpaired) electrons. The van der Waals surface area contributed by atoms with Crippen LogP contribution in [0.15, 0.2) is 78.9 Å². The molecule has 3 rings (SSSR count). The maximum absolute atomic E-state index is 13.9. The van der Waals surface area contributed by atoms with E-state index >= 15 is 0 Å². The molecule has 39 heavy (non-hydrogen) atoms. The Morgan fingerprint density at radius 3 is 2.13 bits per heavy atom. The van der Waals surface area contributed by atoms with Gasteiger partial charge in [0.2, 0.25) is 21.8 Å². The summed E-state index contributed by atoms with van der Waals surface area (Å²) >= 11 is 5.98. The quantitative estimate of drug-likeness (QED) is 0.337. The third kappa shape index (κ3) is 8.80. The summed E-state index contributed by atoms with van der Waals surface area (Å²) in [5, 5.41) is 3.38. The van der Waals surface area contributed by atoms with Crippen molar-refractivity contribution in [1.82, 2.24) is 10.2 Å². The molecule has 3 aromatic rings. The van der Waals surface area contributed by atoms with Gasteiger partial charge in [0.25, 0.3) is 0 Å². The normalized spacial score (nSPS) is 12.8. The van der Waals surface area contributed by atoms with Crippen LogP contribution in [0.3, 0.4) is 0 Å². The van der Waals surface area contributed by atoms with Crippen molar-refractivity contribution in [2.24, 2.45) is 0 Å². The third-order valence-corrected chi connectivity index (χ3v) is 7.72. The van der Waals surface area contributed by atoms with Crippen molar-refractivity contribution in [2.75, 3.05) is 17.1 Å². The van der Waals surface area contributed by atoms with E-state index in [9.17, 15) is 22.4 Å². The molecule has 0 unspecified atom stereocenters. The van der Waals surface area contributed by atoms with Gasteiger partial charge in [-0.25, -0.2) is 12.8 Å². The molecule has 0 aliphatic heterocycles. The minimum Gasteiger partial charge on any atom is -0.352 e. The van der Waals surface area contributed by atoms with Crippen LogP contribution < -0.4 is 9.62 Å². The summed E-state index contributed by atoms with van der Waals surface area (Å²) in [5.74, 6) is -1.38. The number of benzene rings is 3. The monoisotopic (exact) mass is 573 g/mol. The predicted octanol–water partition coefficient (Wildman–Crippen LogP) is 4.80. The van der Waals surface area contributed by atoms with Crippen molar-refractivity contribution in [3.8, 4) is 0 Å². The maximum Gasteiger partial charge on any atom is 0.244 e. The van der Waals surface area contributed by atoms with E-state index in [1.54, 1.807) is 0 Å². The highest BCUT2D eigenvalue weighted by atomic mass is 35.5. The first-order valence-corrected chi connectivity index (χ1v) is 14.8. The lowest BCUT2D eigenvalue weighted by molar-refractivity contribution is -0.140. The molecule has 0 aromatic heterocycles. The van der Waals surface area contributed by atoms with E-state index in [0.717, 1.165) is 16.1 Å². The molecule has 2 amide bonds. The van der Waals surface area contributed by atoms with E-state index in [2.05, 4.69) is 5.32 Å². The Bertz CT molecular complexity index is 1350. The molecule has 2 atom stereocenters. The molecule has 208 valence electrons. The lowest BCUT2D eigenvalue weighted by atomic mass is 10.0. The van der Waals surface area contributed by atoms with E-state index in [1.165, 1.54) is 53.4 Å². The fourth-order valence-corrected chi connectivity index (χ4v) is 4.98. The van der Waals surface area contributed by atoms with Crippen LogP contribution in [0.2, 0.25) is 5.02 Å². The topological polar surface area (TPSA) is 86.8 Å². The predicted molar refractivity (Wildman–Crippen MR) is 152 cm³/mol. The zero-order valence-corrected chi connectivity index (χ0v) is 23.8. The molecular formula is C29H33ClFN3O4S. The zero-order valence-electron chi connectivity index (χ0n) is 22.2. The molecule has 3 aromatic carbocycles. The number of nitrogens with zero attached hydrogens (tertiary/aromatic N) is 2. The highest BCUT2D eigenvalue weighted by Crippen LogP contribution is 2.22. The van der Waals surface area contributed by atoms with Crippen LogP contribution in [-0.2, 0) is 32.6 Å². The number of anilines is 1. The number of amides is 2. The van der Waals surface area contributed by atoms with E-state index in [4.69, 9.17) is 11.6 Å². The van der Waals surface area contributed by atoms with Gasteiger partial charge in [-0.1, -0.05) is 61.0 Å². The van der Waals surface area contributed by atoms with Gasteiger partial charge in [-0.3, -0.25) is 13.9 Å². The fraction of sp³-hybridized carbons (Fsp3) is 0.310. The molecule has 0 fully saturated rings. The second kappa shape index (κ2) is 13.6. The molecule has 10 heteroatoms. The Kier molecular flexibility index (Phi) is 10.5. The Morgan fingerprint density at radius 2 is 1.56 bits per heavy atom. The largest absolute Gasteiger partial charge is 0.352 e. The Balaban J connectivity index is 2.04. The first-order valence-electron chi connectivity index (χ1n) is 12.6. The molecule has 0 aliphatic carbocycles. The van der Waals surface area contributed by atoms with Crippen LogP contribution >= 0.6 is 11.6 Å². The van der Waals surface area contributed by atoms with Gasteiger partial charge < -0.3 is 10.2 Å². The first kappa shape index (κ1) is 30.1. The highest BCUT2D eigenvalue weighted by molar-refractivity contribution is 7.92. The Labute approximate surface area is 234 Å². The molecule has 0 aliphatic rings. The number of rotatable bonds is 12. The second-order valence-corrected chi connectivity index (χ2v) is 11.8. The number of hydrogen-bond acceptors (Lipinski definition) is 4. The summed E-state index contributed by atoms with van der Waals surface area (Å²) in [6, 6.07) is 19.9. The van der Waals surface area contributed by atoms with Crippen molar-refractivity contribution in [2.45, 2.75) is 45.3 Å². The van der Waals surface area contributed by atoms with Crippen molar-refractivity contribution in [3.63, 3.8) is 0 Å². The van der Waals surface area contributed by atoms with Crippen LogP contribution in [-0.4, -0.2) is 50.0 Å². The zero-order chi connectivity index (χ0) is 28.6. The smallest absolute Gasteiger partial charge is 0.244 e. The van der Waals surface area contributed by atoms with Crippen LogP contribution in [0.1, 0.15) is 31.4 Å². The number of sulfonamides is 1. The molecule has 0 spiro atoms. The van der Waals surface area contributed by atoms with E-state index in [1.807, 2.05) is 44.2 Å². The molecule has 0 heterocycles. The van der Waals surface area contributed by atoms with Gasteiger partial charge in [0.15, 0.2) is 0 Å². The van der Waals surface area contributed by atoms with Crippen LogP contribution in [0, 0.1) is 5.82 Å². The molecule has 1 N–H and O–H groups in total. The van der Waals surface area contributed by atoms with E-state index in [-0.39, 0.29) is 30.6 Å². The van der Waals surface area contributed by atoms with E-state index < -0.39 is 34.3 Å². The lowest BCUT2D eigenvalue weighted by Gasteiger charge is -2.34. The molecule has 7 nitrogen and oxygen atoms in total. The number of carbonyl (C=O) groups is 2. The molecule has 0 saturated carbocycles. The number of hydrogen-bond donors (Lipinski definition) is 1. The number of halogens is 2. The van der Waals surface area contributed by atoms with Gasteiger partial charge in [-0.2, -0.15) is 0 Å². The van der Waals surface area contributed by atoms with Crippen LogP contribution in [0.5, 0.6) is 0 Å². The fourth-order valence-electron chi connectivity index (χ4n) is 4.00. The Hall–Kier alpha value is -3.43. The number of carbonyl (C=O) groups excluding carboxylic acids is 2. The van der Waals surface area contributed by atoms with Crippen LogP contribution in [0.4, 0.5) is 10.1 Å². The summed E-state index contributed by atoms with van der Waals surface area (Å²) in [6.07, 6.45) is 1.90. The molecule has 0 saturated heterocycles. The van der Waals surface area contributed by atoms with Crippen molar-refractivity contribution in [3.05, 3.63) is 101 Å². The van der Waals surface area contributed by atoms with E-state index in [0.29, 0.717) is 17.0 Å². The lowest BCUT2D eigenvalue weighted by Crippen LogP contribution is -2.54. The van der Waals surface area contributed by atoms with Gasteiger partial charge in [-0.15, -0.1) is 0 Å². The Morgan fingerprint density at radius 1 is 0.949 bits per heavy atom. The third-order valence-electron chi connectivity index (χ3n) is 6.33. The molecular weight excluding hydrogens is 541 g/mol. The minimum atomic E-state index is -3.87. The first-order chi connectivity index (χ1) is 18.5. The summed E-state index contributed by atoms with van der Waals surface area (Å²) < 4.78 is 40.1. The maximum atomic E-state index is 13.9. The summed E-state index contributed by atoms with van der Waals surface area (Å²) in [7, 11) is -3.87. The van der Waals surface area contributed by atoms with Crippen molar-refractivity contribution in [1.29, 1.82) is 0 Å². The van der Waals surface area contributed by atoms with Crippen molar-refractivity contribution < 1.29 is 22.4 Å². The second-order valence-electron chi connectivity index (χ2n) is 9.42. The van der Waals surface area contributed by atoms with Gasteiger partial charge in [0.05, 0.1) is 11.9 Å². The summed E-state index contributed by atoms with van der Waals surface area (Å²) in [6.45, 7) is 3.25.